The van der Waals surface area contributed by atoms with Gasteiger partial charge in [-0.1, -0.05) is 29.8 Å². The minimum atomic E-state index is 0.325. The van der Waals surface area contributed by atoms with Crippen LogP contribution in [0.1, 0.15) is 11.1 Å². The van der Waals surface area contributed by atoms with Gasteiger partial charge in [0, 0.05) is 12.4 Å². The van der Waals surface area contributed by atoms with Crippen molar-refractivity contribution in [3.05, 3.63) is 58.9 Å². The maximum absolute atomic E-state index is 6.16. The zero-order valence-electron chi connectivity index (χ0n) is 11.6. The van der Waals surface area contributed by atoms with E-state index in [0.717, 1.165) is 24.2 Å². The largest absolute Gasteiger partial charge is 0.496 e. The third-order valence-corrected chi connectivity index (χ3v) is 3.74. The first kappa shape index (κ1) is 14.8. The highest BCUT2D eigenvalue weighted by Crippen LogP contribution is 2.24. The lowest BCUT2D eigenvalue weighted by Crippen LogP contribution is -2.20. The molecule has 2 aromatic rings. The summed E-state index contributed by atoms with van der Waals surface area (Å²) in [4.78, 5) is 4.01. The lowest BCUT2D eigenvalue weighted by atomic mass is 9.92. The molecule has 1 aromatic carbocycles. The Hall–Kier alpha value is -1.58. The third kappa shape index (κ3) is 3.71. The molecule has 0 bridgehead atoms. The lowest BCUT2D eigenvalue weighted by molar-refractivity contribution is 0.404. The van der Waals surface area contributed by atoms with E-state index < -0.39 is 0 Å². The molecule has 0 fully saturated rings. The molecular weight excluding hydrogens is 272 g/mol. The summed E-state index contributed by atoms with van der Waals surface area (Å²) in [5, 5.41) is 0.700. The SMILES string of the molecule is COc1ccccc1CC(CN)Cc1ccncc1Cl. The Bertz CT molecular complexity index is 560. The molecule has 1 heterocycles. The van der Waals surface area contributed by atoms with Gasteiger partial charge in [0.05, 0.1) is 12.1 Å². The molecule has 0 aliphatic rings. The van der Waals surface area contributed by atoms with Crippen molar-refractivity contribution < 1.29 is 4.74 Å². The van der Waals surface area contributed by atoms with Crippen molar-refractivity contribution in [2.24, 2.45) is 11.7 Å². The zero-order chi connectivity index (χ0) is 14.4. The van der Waals surface area contributed by atoms with Gasteiger partial charge in [0.25, 0.3) is 0 Å². The van der Waals surface area contributed by atoms with Crippen molar-refractivity contribution in [3.8, 4) is 5.75 Å². The third-order valence-electron chi connectivity index (χ3n) is 3.40. The number of aromatic nitrogens is 1. The normalized spacial score (nSPS) is 12.2. The molecule has 2 rings (SSSR count). The number of nitrogens with zero attached hydrogens (tertiary/aromatic N) is 1. The molecular formula is C16H19ClN2O. The molecule has 0 aliphatic heterocycles. The minimum Gasteiger partial charge on any atom is -0.496 e. The summed E-state index contributed by atoms with van der Waals surface area (Å²) >= 11 is 6.16. The zero-order valence-corrected chi connectivity index (χ0v) is 12.3. The van der Waals surface area contributed by atoms with Crippen LogP contribution in [0.15, 0.2) is 42.7 Å². The summed E-state index contributed by atoms with van der Waals surface area (Å²) < 4.78 is 5.39. The van der Waals surface area contributed by atoms with Crippen molar-refractivity contribution in [2.45, 2.75) is 12.8 Å². The van der Waals surface area contributed by atoms with Gasteiger partial charge in [-0.2, -0.15) is 0 Å². The van der Waals surface area contributed by atoms with Crippen LogP contribution in [0.4, 0.5) is 0 Å². The maximum atomic E-state index is 6.16. The molecule has 2 N–H and O–H groups in total. The quantitative estimate of drug-likeness (QED) is 0.889. The fourth-order valence-electron chi connectivity index (χ4n) is 2.30. The lowest BCUT2D eigenvalue weighted by Gasteiger charge is -2.17. The number of para-hydroxylation sites is 1. The molecule has 1 atom stereocenters. The van der Waals surface area contributed by atoms with Crippen LogP contribution in [0, 0.1) is 5.92 Å². The number of nitrogens with two attached hydrogens (primary N) is 1. The van der Waals surface area contributed by atoms with E-state index in [0.29, 0.717) is 17.5 Å². The van der Waals surface area contributed by atoms with Crippen molar-refractivity contribution in [1.82, 2.24) is 4.98 Å². The predicted molar refractivity (Wildman–Crippen MR) is 82.2 cm³/mol. The highest BCUT2D eigenvalue weighted by molar-refractivity contribution is 6.31. The molecule has 1 unspecified atom stereocenters. The van der Waals surface area contributed by atoms with Crippen LogP contribution in [0.5, 0.6) is 5.75 Å². The smallest absolute Gasteiger partial charge is 0.122 e. The van der Waals surface area contributed by atoms with Gasteiger partial charge in [0.2, 0.25) is 0 Å². The van der Waals surface area contributed by atoms with E-state index in [2.05, 4.69) is 11.1 Å². The van der Waals surface area contributed by atoms with Crippen LogP contribution in [-0.4, -0.2) is 18.6 Å². The number of ether oxygens (including phenoxy) is 1. The van der Waals surface area contributed by atoms with Gasteiger partial charge in [-0.15, -0.1) is 0 Å². The van der Waals surface area contributed by atoms with Gasteiger partial charge in [-0.05, 0) is 48.6 Å². The maximum Gasteiger partial charge on any atom is 0.122 e. The number of rotatable bonds is 6. The number of halogens is 1. The summed E-state index contributed by atoms with van der Waals surface area (Å²) in [7, 11) is 1.69. The molecule has 3 nitrogen and oxygen atoms in total. The van der Waals surface area contributed by atoms with Crippen LogP contribution < -0.4 is 10.5 Å². The first-order valence-corrected chi connectivity index (χ1v) is 7.02. The number of methoxy groups -OCH3 is 1. The van der Waals surface area contributed by atoms with Crippen LogP contribution in [0.2, 0.25) is 5.02 Å². The second-order valence-electron chi connectivity index (χ2n) is 4.79. The van der Waals surface area contributed by atoms with E-state index in [4.69, 9.17) is 22.1 Å². The molecule has 0 spiro atoms. The predicted octanol–water partition coefficient (Wildman–Crippen LogP) is 3.10. The number of hydrogen-bond acceptors (Lipinski definition) is 3. The topological polar surface area (TPSA) is 48.1 Å². The molecule has 106 valence electrons. The van der Waals surface area contributed by atoms with E-state index in [-0.39, 0.29) is 0 Å². The molecule has 4 heteroatoms. The number of hydrogen-bond donors (Lipinski definition) is 1. The summed E-state index contributed by atoms with van der Waals surface area (Å²) in [5.74, 6) is 1.23. The Kier molecular flexibility index (Phi) is 5.39. The molecule has 0 radical (unpaired) electrons. The van der Waals surface area contributed by atoms with Gasteiger partial charge in [-0.3, -0.25) is 4.98 Å². The van der Waals surface area contributed by atoms with Gasteiger partial charge in [-0.25, -0.2) is 0 Å². The molecule has 0 saturated carbocycles. The molecule has 0 aliphatic carbocycles. The Morgan fingerprint density at radius 1 is 1.20 bits per heavy atom. The van der Waals surface area contributed by atoms with Crippen molar-refractivity contribution in [2.75, 3.05) is 13.7 Å². The van der Waals surface area contributed by atoms with E-state index in [9.17, 15) is 0 Å². The number of pyridine rings is 1. The van der Waals surface area contributed by atoms with Crippen LogP contribution in [-0.2, 0) is 12.8 Å². The van der Waals surface area contributed by atoms with E-state index in [1.807, 2.05) is 24.3 Å². The molecule has 20 heavy (non-hydrogen) atoms. The Balaban J connectivity index is 2.11. The summed E-state index contributed by atoms with van der Waals surface area (Å²) in [5.41, 5.74) is 8.18. The average Bonchev–Trinajstić information content (AvgIpc) is 2.49. The van der Waals surface area contributed by atoms with Crippen LogP contribution >= 0.6 is 11.6 Å². The van der Waals surface area contributed by atoms with Crippen LogP contribution in [0.3, 0.4) is 0 Å². The Morgan fingerprint density at radius 2 is 1.95 bits per heavy atom. The molecule has 1 aromatic heterocycles. The first-order chi connectivity index (χ1) is 9.74. The number of benzene rings is 1. The summed E-state index contributed by atoms with van der Waals surface area (Å²) in [6.45, 7) is 0.608. The van der Waals surface area contributed by atoms with Crippen molar-refractivity contribution in [1.29, 1.82) is 0 Å². The van der Waals surface area contributed by atoms with Crippen molar-refractivity contribution in [3.63, 3.8) is 0 Å². The fraction of sp³-hybridized carbons (Fsp3) is 0.312. The highest BCUT2D eigenvalue weighted by atomic mass is 35.5. The van der Waals surface area contributed by atoms with E-state index in [1.165, 1.54) is 5.56 Å². The minimum absolute atomic E-state index is 0.325. The second-order valence-corrected chi connectivity index (χ2v) is 5.20. The Labute approximate surface area is 124 Å². The van der Waals surface area contributed by atoms with Gasteiger partial charge in [0.1, 0.15) is 5.75 Å². The molecule has 0 amide bonds. The highest BCUT2D eigenvalue weighted by Gasteiger charge is 2.13. The van der Waals surface area contributed by atoms with E-state index in [1.54, 1.807) is 19.5 Å². The average molecular weight is 291 g/mol. The standard InChI is InChI=1S/C16H19ClN2O/c1-20-16-5-3-2-4-14(16)9-12(10-18)8-13-6-7-19-11-15(13)17/h2-7,11-12H,8-10,18H2,1H3. The van der Waals surface area contributed by atoms with E-state index >= 15 is 0 Å². The van der Waals surface area contributed by atoms with Crippen LogP contribution in [0.25, 0.3) is 0 Å². The summed E-state index contributed by atoms with van der Waals surface area (Å²) in [6.07, 6.45) is 5.15. The fourth-order valence-corrected chi connectivity index (χ4v) is 2.50. The van der Waals surface area contributed by atoms with Gasteiger partial charge in [0.15, 0.2) is 0 Å². The first-order valence-electron chi connectivity index (χ1n) is 6.65. The molecule has 0 saturated heterocycles. The van der Waals surface area contributed by atoms with Gasteiger partial charge >= 0.3 is 0 Å². The Morgan fingerprint density at radius 3 is 2.65 bits per heavy atom. The monoisotopic (exact) mass is 290 g/mol. The van der Waals surface area contributed by atoms with Gasteiger partial charge < -0.3 is 10.5 Å². The van der Waals surface area contributed by atoms with Crippen molar-refractivity contribution >= 4 is 11.6 Å². The summed E-state index contributed by atoms with van der Waals surface area (Å²) in [6, 6.07) is 10.00. The second kappa shape index (κ2) is 7.27.